The minimum absolute atomic E-state index is 0.0160. The molecule has 0 saturated heterocycles. The van der Waals surface area contributed by atoms with Crippen molar-refractivity contribution in [1.82, 2.24) is 9.55 Å². The van der Waals surface area contributed by atoms with E-state index in [9.17, 15) is 18.0 Å². The number of fused-ring (bicyclic) bond motifs is 3. The SMILES string of the molecule is Cn1c(=O)cc2c3c(c(NS(=O)(=O)c4cccc5cccnc45)ccc31)C(=O)c1ccccc1-2. The number of aryl methyl sites for hydroxylation is 1. The number of carbonyl (C=O) groups is 1. The molecule has 0 radical (unpaired) electrons. The molecule has 0 aliphatic heterocycles. The van der Waals surface area contributed by atoms with Gasteiger partial charge >= 0.3 is 0 Å². The second kappa shape index (κ2) is 7.10. The summed E-state index contributed by atoms with van der Waals surface area (Å²) in [5.41, 5.74) is 2.73. The van der Waals surface area contributed by atoms with Gasteiger partial charge in [-0.3, -0.25) is 19.3 Å². The standard InChI is InChI=1S/C26H17N3O4S/c1-29-20-12-11-19(28-34(32,33)21-10-4-6-15-7-5-13-27-25(15)21)24-23(20)18(14-22(29)30)16-8-2-3-9-17(16)26(24)31/h2-14,28H,1H3. The van der Waals surface area contributed by atoms with Crippen LogP contribution in [0.25, 0.3) is 32.9 Å². The van der Waals surface area contributed by atoms with Gasteiger partial charge in [-0.15, -0.1) is 0 Å². The molecule has 1 N–H and O–H groups in total. The lowest BCUT2D eigenvalue weighted by atomic mass is 9.83. The van der Waals surface area contributed by atoms with Gasteiger partial charge in [-0.2, -0.15) is 0 Å². The first-order chi connectivity index (χ1) is 16.4. The highest BCUT2D eigenvalue weighted by Crippen LogP contribution is 2.41. The predicted octanol–water partition coefficient (Wildman–Crippen LogP) is 4.10. The van der Waals surface area contributed by atoms with E-state index >= 15 is 0 Å². The van der Waals surface area contributed by atoms with Crippen molar-refractivity contribution >= 4 is 43.3 Å². The molecule has 0 unspecified atom stereocenters. The average molecular weight is 468 g/mol. The van der Waals surface area contributed by atoms with Crippen LogP contribution in [0.3, 0.4) is 0 Å². The maximum absolute atomic E-state index is 13.6. The summed E-state index contributed by atoms with van der Waals surface area (Å²) >= 11 is 0. The number of nitrogens with zero attached hydrogens (tertiary/aromatic N) is 2. The molecule has 0 fully saturated rings. The van der Waals surface area contributed by atoms with Crippen LogP contribution >= 0.6 is 0 Å². The number of rotatable bonds is 3. The Kier molecular flexibility index (Phi) is 4.24. The fourth-order valence-electron chi connectivity index (χ4n) is 4.63. The van der Waals surface area contributed by atoms with Crippen molar-refractivity contribution in [3.8, 4) is 11.1 Å². The van der Waals surface area contributed by atoms with Crippen LogP contribution in [0, 0.1) is 0 Å². The lowest BCUT2D eigenvalue weighted by Gasteiger charge is -2.23. The molecule has 2 heterocycles. The fraction of sp³-hybridized carbons (Fsp3) is 0.0385. The quantitative estimate of drug-likeness (QED) is 0.423. The summed E-state index contributed by atoms with van der Waals surface area (Å²) < 4.78 is 31.0. The van der Waals surface area contributed by atoms with E-state index in [4.69, 9.17) is 0 Å². The van der Waals surface area contributed by atoms with Crippen molar-refractivity contribution in [1.29, 1.82) is 0 Å². The minimum atomic E-state index is -4.08. The Labute approximate surface area is 194 Å². The number of carbonyl (C=O) groups excluding carboxylic acids is 1. The molecule has 3 aromatic carbocycles. The molecular formula is C26H17N3O4S. The van der Waals surface area contributed by atoms with Crippen molar-refractivity contribution in [2.75, 3.05) is 4.72 Å². The number of pyridine rings is 2. The van der Waals surface area contributed by atoms with Crippen LogP contribution in [-0.4, -0.2) is 23.8 Å². The van der Waals surface area contributed by atoms with Crippen molar-refractivity contribution < 1.29 is 13.2 Å². The Balaban J connectivity index is 1.62. The van der Waals surface area contributed by atoms with Crippen LogP contribution in [-0.2, 0) is 17.1 Å². The first-order valence-corrected chi connectivity index (χ1v) is 12.0. The zero-order valence-corrected chi connectivity index (χ0v) is 18.8. The molecule has 5 aromatic rings. The van der Waals surface area contributed by atoms with E-state index in [0.717, 1.165) is 0 Å². The summed E-state index contributed by atoms with van der Waals surface area (Å²) in [4.78, 5) is 30.5. The van der Waals surface area contributed by atoms with E-state index in [1.54, 1.807) is 61.6 Å². The van der Waals surface area contributed by atoms with Gasteiger partial charge in [0.05, 0.1) is 22.3 Å². The normalized spacial score (nSPS) is 12.7. The number of ketones is 1. The third kappa shape index (κ3) is 2.82. The number of para-hydroxylation sites is 1. The Morgan fingerprint density at radius 1 is 0.853 bits per heavy atom. The molecule has 166 valence electrons. The van der Waals surface area contributed by atoms with Crippen LogP contribution < -0.4 is 10.3 Å². The molecule has 0 bridgehead atoms. The predicted molar refractivity (Wildman–Crippen MR) is 131 cm³/mol. The monoisotopic (exact) mass is 467 g/mol. The summed E-state index contributed by atoms with van der Waals surface area (Å²) in [6.07, 6.45) is 1.54. The van der Waals surface area contributed by atoms with E-state index in [2.05, 4.69) is 9.71 Å². The van der Waals surface area contributed by atoms with E-state index in [0.29, 0.717) is 38.5 Å². The number of hydrogen-bond donors (Lipinski definition) is 1. The van der Waals surface area contributed by atoms with Gasteiger partial charge in [0, 0.05) is 35.6 Å². The van der Waals surface area contributed by atoms with Gasteiger partial charge in [0.2, 0.25) is 0 Å². The van der Waals surface area contributed by atoms with Crippen LogP contribution in [0.1, 0.15) is 15.9 Å². The van der Waals surface area contributed by atoms with Gasteiger partial charge in [0.15, 0.2) is 5.78 Å². The molecule has 7 nitrogen and oxygen atoms in total. The smallest absolute Gasteiger partial charge is 0.264 e. The Bertz CT molecular complexity index is 1850. The minimum Gasteiger partial charge on any atom is -0.311 e. The molecular weight excluding hydrogens is 450 g/mol. The number of hydrogen-bond acceptors (Lipinski definition) is 5. The highest BCUT2D eigenvalue weighted by Gasteiger charge is 2.30. The zero-order chi connectivity index (χ0) is 23.6. The first kappa shape index (κ1) is 20.3. The number of benzene rings is 3. The van der Waals surface area contributed by atoms with Gasteiger partial charge in [-0.1, -0.05) is 42.5 Å². The average Bonchev–Trinajstić information content (AvgIpc) is 2.84. The van der Waals surface area contributed by atoms with Crippen LogP contribution in [0.4, 0.5) is 5.69 Å². The molecule has 1 aliphatic carbocycles. The van der Waals surface area contributed by atoms with Crippen LogP contribution in [0.5, 0.6) is 0 Å². The Morgan fingerprint density at radius 3 is 2.44 bits per heavy atom. The lowest BCUT2D eigenvalue weighted by Crippen LogP contribution is -2.22. The Hall–Kier alpha value is -4.30. The van der Waals surface area contributed by atoms with Crippen molar-refractivity contribution in [3.63, 3.8) is 0 Å². The van der Waals surface area contributed by atoms with Crippen molar-refractivity contribution in [2.45, 2.75) is 4.90 Å². The summed E-state index contributed by atoms with van der Waals surface area (Å²) in [7, 11) is -2.46. The summed E-state index contributed by atoms with van der Waals surface area (Å²) in [5, 5.41) is 1.23. The van der Waals surface area contributed by atoms with E-state index in [1.807, 2.05) is 0 Å². The fourth-order valence-corrected chi connectivity index (χ4v) is 5.88. The van der Waals surface area contributed by atoms with Gasteiger partial charge in [-0.25, -0.2) is 8.42 Å². The number of nitrogens with one attached hydrogen (secondary N) is 1. The molecule has 1 aliphatic rings. The van der Waals surface area contributed by atoms with E-state index in [1.165, 1.54) is 29.0 Å². The van der Waals surface area contributed by atoms with Crippen LogP contribution in [0.15, 0.2) is 88.7 Å². The van der Waals surface area contributed by atoms with Gasteiger partial charge in [0.25, 0.3) is 15.6 Å². The van der Waals surface area contributed by atoms with Gasteiger partial charge < -0.3 is 4.57 Å². The van der Waals surface area contributed by atoms with Gasteiger partial charge in [-0.05, 0) is 35.4 Å². The van der Waals surface area contributed by atoms with E-state index < -0.39 is 10.0 Å². The summed E-state index contributed by atoms with van der Waals surface area (Å²) in [6, 6.07) is 20.2. The molecule has 0 saturated carbocycles. The third-order valence-electron chi connectivity index (χ3n) is 6.23. The van der Waals surface area contributed by atoms with Crippen LogP contribution in [0.2, 0.25) is 0 Å². The molecule has 0 spiro atoms. The largest absolute Gasteiger partial charge is 0.311 e. The lowest BCUT2D eigenvalue weighted by molar-refractivity contribution is 0.104. The maximum Gasteiger partial charge on any atom is 0.264 e. The Morgan fingerprint density at radius 2 is 1.62 bits per heavy atom. The van der Waals surface area contributed by atoms with Crippen molar-refractivity contribution in [3.05, 3.63) is 100 Å². The summed E-state index contributed by atoms with van der Waals surface area (Å²) in [6.45, 7) is 0. The molecule has 34 heavy (non-hydrogen) atoms. The second-order valence-electron chi connectivity index (χ2n) is 8.15. The number of anilines is 1. The second-order valence-corrected chi connectivity index (χ2v) is 9.80. The molecule has 2 aromatic heterocycles. The number of sulfonamides is 1. The molecule has 8 heteroatoms. The topological polar surface area (TPSA) is 98.1 Å². The highest BCUT2D eigenvalue weighted by molar-refractivity contribution is 7.93. The third-order valence-corrected chi connectivity index (χ3v) is 7.63. The summed E-state index contributed by atoms with van der Waals surface area (Å²) in [5.74, 6) is -0.305. The first-order valence-electron chi connectivity index (χ1n) is 10.5. The molecule has 6 rings (SSSR count). The highest BCUT2D eigenvalue weighted by atomic mass is 32.2. The van der Waals surface area contributed by atoms with Crippen molar-refractivity contribution in [2.24, 2.45) is 7.05 Å². The number of aromatic nitrogens is 2. The van der Waals surface area contributed by atoms with E-state index in [-0.39, 0.29) is 27.5 Å². The maximum atomic E-state index is 13.6. The van der Waals surface area contributed by atoms with Gasteiger partial charge in [0.1, 0.15) is 4.90 Å². The molecule has 0 amide bonds. The molecule has 0 atom stereocenters. The zero-order valence-electron chi connectivity index (χ0n) is 17.9.